The van der Waals surface area contributed by atoms with E-state index in [0.29, 0.717) is 0 Å². The Hall–Kier alpha value is -0.910. The summed E-state index contributed by atoms with van der Waals surface area (Å²) in [6, 6.07) is 8.61. The molecule has 1 aliphatic heterocycles. The molecule has 1 saturated heterocycles. The molecule has 0 radical (unpaired) electrons. The lowest BCUT2D eigenvalue weighted by molar-refractivity contribution is -0.126. The standard InChI is InChI=1S/C18H26BrN3O/c1-18(20,13-6-8-14(19)9-7-13)17(23)21-15-10-11-22(12-15)16-4-2-3-5-16/h6-9,15-16H,2-5,10-12,20H2,1H3,(H,21,23). The van der Waals surface area contributed by atoms with Gasteiger partial charge in [0, 0.05) is 29.6 Å². The summed E-state index contributed by atoms with van der Waals surface area (Å²) in [5.41, 5.74) is 6.16. The van der Waals surface area contributed by atoms with Crippen molar-refractivity contribution in [3.8, 4) is 0 Å². The zero-order chi connectivity index (χ0) is 16.4. The fourth-order valence-electron chi connectivity index (χ4n) is 3.77. The molecule has 1 heterocycles. The highest BCUT2D eigenvalue weighted by atomic mass is 79.9. The minimum atomic E-state index is -0.999. The SMILES string of the molecule is CC(N)(C(=O)NC1CCN(C2CCCC2)C1)c1ccc(Br)cc1. The first kappa shape index (κ1) is 16.9. The van der Waals surface area contributed by atoms with E-state index in [1.165, 1.54) is 25.7 Å². The zero-order valence-corrected chi connectivity index (χ0v) is 15.3. The molecule has 126 valence electrons. The van der Waals surface area contributed by atoms with Crippen molar-refractivity contribution in [1.82, 2.24) is 10.2 Å². The van der Waals surface area contributed by atoms with Crippen molar-refractivity contribution in [1.29, 1.82) is 0 Å². The number of amides is 1. The fraction of sp³-hybridized carbons (Fsp3) is 0.611. The predicted molar refractivity (Wildman–Crippen MR) is 96.1 cm³/mol. The molecule has 4 nitrogen and oxygen atoms in total. The molecule has 1 saturated carbocycles. The van der Waals surface area contributed by atoms with Gasteiger partial charge in [-0.15, -0.1) is 0 Å². The summed E-state index contributed by atoms with van der Waals surface area (Å²) in [5.74, 6) is -0.0851. The van der Waals surface area contributed by atoms with Gasteiger partial charge in [-0.3, -0.25) is 9.69 Å². The van der Waals surface area contributed by atoms with Crippen LogP contribution in [0.4, 0.5) is 0 Å². The summed E-state index contributed by atoms with van der Waals surface area (Å²) in [6.45, 7) is 3.84. The smallest absolute Gasteiger partial charge is 0.244 e. The lowest BCUT2D eigenvalue weighted by Crippen LogP contribution is -2.52. The molecule has 0 aromatic heterocycles. The van der Waals surface area contributed by atoms with Crippen LogP contribution in [-0.4, -0.2) is 36.0 Å². The molecule has 1 amide bonds. The van der Waals surface area contributed by atoms with E-state index >= 15 is 0 Å². The average Bonchev–Trinajstić information content (AvgIpc) is 3.18. The summed E-state index contributed by atoms with van der Waals surface area (Å²) in [5, 5.41) is 3.17. The molecule has 2 fully saturated rings. The number of rotatable bonds is 4. The van der Waals surface area contributed by atoms with Crippen molar-refractivity contribution < 1.29 is 4.79 Å². The number of hydrogen-bond donors (Lipinski definition) is 2. The third-order valence-electron chi connectivity index (χ3n) is 5.31. The Morgan fingerprint density at radius 1 is 1.26 bits per heavy atom. The molecule has 2 unspecified atom stereocenters. The summed E-state index contributed by atoms with van der Waals surface area (Å²) >= 11 is 3.41. The van der Waals surface area contributed by atoms with Crippen LogP contribution in [0.3, 0.4) is 0 Å². The molecule has 3 rings (SSSR count). The highest BCUT2D eigenvalue weighted by Crippen LogP contribution is 2.27. The third kappa shape index (κ3) is 3.78. The van der Waals surface area contributed by atoms with Crippen LogP contribution < -0.4 is 11.1 Å². The molecule has 23 heavy (non-hydrogen) atoms. The second-order valence-electron chi connectivity index (χ2n) is 7.10. The highest BCUT2D eigenvalue weighted by Gasteiger charge is 2.35. The molecule has 5 heteroatoms. The molecule has 1 aromatic carbocycles. The van der Waals surface area contributed by atoms with Gasteiger partial charge in [0.25, 0.3) is 0 Å². The summed E-state index contributed by atoms with van der Waals surface area (Å²) in [7, 11) is 0. The molecule has 0 spiro atoms. The van der Waals surface area contributed by atoms with Crippen molar-refractivity contribution in [2.75, 3.05) is 13.1 Å². The van der Waals surface area contributed by atoms with E-state index in [1.807, 2.05) is 24.3 Å². The lowest BCUT2D eigenvalue weighted by Gasteiger charge is -2.27. The van der Waals surface area contributed by atoms with Gasteiger partial charge < -0.3 is 11.1 Å². The van der Waals surface area contributed by atoms with Crippen molar-refractivity contribution in [2.45, 2.75) is 56.7 Å². The van der Waals surface area contributed by atoms with E-state index in [4.69, 9.17) is 5.73 Å². The van der Waals surface area contributed by atoms with Crippen LogP contribution in [-0.2, 0) is 10.3 Å². The molecule has 2 aliphatic rings. The Balaban J connectivity index is 1.59. The zero-order valence-electron chi connectivity index (χ0n) is 13.7. The van der Waals surface area contributed by atoms with Crippen LogP contribution in [0.1, 0.15) is 44.6 Å². The third-order valence-corrected chi connectivity index (χ3v) is 5.84. The Bertz CT molecular complexity index is 552. The lowest BCUT2D eigenvalue weighted by atomic mass is 9.92. The molecule has 3 N–H and O–H groups in total. The Morgan fingerprint density at radius 3 is 2.57 bits per heavy atom. The number of halogens is 1. The number of hydrogen-bond acceptors (Lipinski definition) is 3. The molecule has 0 bridgehead atoms. The second kappa shape index (κ2) is 6.91. The van der Waals surface area contributed by atoms with Crippen molar-refractivity contribution in [3.05, 3.63) is 34.3 Å². The number of nitrogens with two attached hydrogens (primary N) is 1. The molecule has 2 atom stereocenters. The number of likely N-dealkylation sites (tertiary alicyclic amines) is 1. The van der Waals surface area contributed by atoms with Gasteiger partial charge in [0.1, 0.15) is 5.54 Å². The van der Waals surface area contributed by atoms with Gasteiger partial charge in [0.2, 0.25) is 5.91 Å². The fourth-order valence-corrected chi connectivity index (χ4v) is 4.03. The number of nitrogens with zero attached hydrogens (tertiary/aromatic N) is 1. The van der Waals surface area contributed by atoms with E-state index in [-0.39, 0.29) is 11.9 Å². The Morgan fingerprint density at radius 2 is 1.91 bits per heavy atom. The van der Waals surface area contributed by atoms with E-state index in [2.05, 4.69) is 26.1 Å². The molecule has 1 aliphatic carbocycles. The van der Waals surface area contributed by atoms with Crippen LogP contribution in [0.25, 0.3) is 0 Å². The minimum absolute atomic E-state index is 0.0851. The second-order valence-corrected chi connectivity index (χ2v) is 8.02. The highest BCUT2D eigenvalue weighted by molar-refractivity contribution is 9.10. The first-order chi connectivity index (χ1) is 11.0. The summed E-state index contributed by atoms with van der Waals surface area (Å²) in [6.07, 6.45) is 6.35. The first-order valence-electron chi connectivity index (χ1n) is 8.57. The van der Waals surface area contributed by atoms with Crippen LogP contribution in [0.5, 0.6) is 0 Å². The summed E-state index contributed by atoms with van der Waals surface area (Å²) < 4.78 is 0.987. The number of benzene rings is 1. The maximum Gasteiger partial charge on any atom is 0.244 e. The number of carbonyl (C=O) groups excluding carboxylic acids is 1. The van der Waals surface area contributed by atoms with Gasteiger partial charge in [-0.25, -0.2) is 0 Å². The van der Waals surface area contributed by atoms with E-state index < -0.39 is 5.54 Å². The van der Waals surface area contributed by atoms with Crippen LogP contribution in [0.15, 0.2) is 28.7 Å². The summed E-state index contributed by atoms with van der Waals surface area (Å²) in [4.78, 5) is 15.2. The van der Waals surface area contributed by atoms with Gasteiger partial charge in [0.05, 0.1) is 0 Å². The van der Waals surface area contributed by atoms with Crippen molar-refractivity contribution in [3.63, 3.8) is 0 Å². The predicted octanol–water partition coefficient (Wildman–Crippen LogP) is 2.76. The van der Waals surface area contributed by atoms with Gasteiger partial charge in [-0.05, 0) is 43.9 Å². The van der Waals surface area contributed by atoms with E-state index in [1.54, 1.807) is 6.92 Å². The maximum atomic E-state index is 12.7. The topological polar surface area (TPSA) is 58.4 Å². The quantitative estimate of drug-likeness (QED) is 0.845. The molecule has 1 aromatic rings. The van der Waals surface area contributed by atoms with Crippen LogP contribution >= 0.6 is 15.9 Å². The van der Waals surface area contributed by atoms with E-state index in [9.17, 15) is 4.79 Å². The largest absolute Gasteiger partial charge is 0.350 e. The van der Waals surface area contributed by atoms with Crippen molar-refractivity contribution >= 4 is 21.8 Å². The van der Waals surface area contributed by atoms with Crippen molar-refractivity contribution in [2.24, 2.45) is 5.73 Å². The minimum Gasteiger partial charge on any atom is -0.350 e. The van der Waals surface area contributed by atoms with Gasteiger partial charge >= 0.3 is 0 Å². The Kier molecular flexibility index (Phi) is 5.09. The van der Waals surface area contributed by atoms with E-state index in [0.717, 1.165) is 35.6 Å². The molecular weight excluding hydrogens is 354 g/mol. The monoisotopic (exact) mass is 379 g/mol. The first-order valence-corrected chi connectivity index (χ1v) is 9.36. The van der Waals surface area contributed by atoms with Crippen LogP contribution in [0.2, 0.25) is 0 Å². The van der Waals surface area contributed by atoms with Gasteiger partial charge in [0.15, 0.2) is 0 Å². The number of nitrogens with one attached hydrogen (secondary N) is 1. The maximum absolute atomic E-state index is 12.7. The average molecular weight is 380 g/mol. The molecular formula is C18H26BrN3O. The number of carbonyl (C=O) groups is 1. The van der Waals surface area contributed by atoms with Crippen LogP contribution in [0, 0.1) is 0 Å². The van der Waals surface area contributed by atoms with Gasteiger partial charge in [-0.2, -0.15) is 0 Å². The van der Waals surface area contributed by atoms with Gasteiger partial charge in [-0.1, -0.05) is 40.9 Å². The Labute approximate surface area is 146 Å². The normalized spacial score (nSPS) is 25.4.